The van der Waals surface area contributed by atoms with E-state index in [4.69, 9.17) is 23.2 Å². The van der Waals surface area contributed by atoms with Crippen LogP contribution in [0.2, 0.25) is 10.0 Å². The highest BCUT2D eigenvalue weighted by molar-refractivity contribution is 6.36. The number of amides is 2. The van der Waals surface area contributed by atoms with E-state index in [1.54, 1.807) is 30.0 Å². The molecule has 6 heteroatoms. The van der Waals surface area contributed by atoms with Gasteiger partial charge in [0, 0.05) is 22.6 Å². The Balaban J connectivity index is 1.74. The number of hydrogen-bond acceptors (Lipinski definition) is 2. The molecule has 0 heterocycles. The summed E-state index contributed by atoms with van der Waals surface area (Å²) < 4.78 is 0. The fraction of sp³-hybridized carbons (Fsp3) is 0.417. The first kappa shape index (κ1) is 22.6. The van der Waals surface area contributed by atoms with Gasteiger partial charge in [-0.1, -0.05) is 72.4 Å². The number of nitrogens with zero attached hydrogens (tertiary/aromatic N) is 1. The molecule has 0 aliphatic heterocycles. The van der Waals surface area contributed by atoms with Crippen molar-refractivity contribution in [1.29, 1.82) is 0 Å². The van der Waals surface area contributed by atoms with Crippen LogP contribution in [-0.2, 0) is 22.4 Å². The Morgan fingerprint density at radius 1 is 1.03 bits per heavy atom. The SMILES string of the molecule is CC(C(=O)NC1CCCC1)N(CCc1ccccc1)C(=O)Cc1c(Cl)cccc1Cl. The minimum atomic E-state index is -0.567. The molecule has 1 atom stereocenters. The molecule has 1 fully saturated rings. The molecule has 30 heavy (non-hydrogen) atoms. The largest absolute Gasteiger partial charge is 0.352 e. The van der Waals surface area contributed by atoms with Crippen LogP contribution < -0.4 is 5.32 Å². The third kappa shape index (κ3) is 5.99. The van der Waals surface area contributed by atoms with E-state index >= 15 is 0 Å². The molecule has 1 unspecified atom stereocenters. The van der Waals surface area contributed by atoms with Gasteiger partial charge in [-0.15, -0.1) is 0 Å². The zero-order valence-corrected chi connectivity index (χ0v) is 18.8. The van der Waals surface area contributed by atoms with E-state index in [0.29, 0.717) is 28.6 Å². The molecule has 2 aromatic carbocycles. The van der Waals surface area contributed by atoms with Gasteiger partial charge in [-0.3, -0.25) is 9.59 Å². The van der Waals surface area contributed by atoms with Gasteiger partial charge in [-0.2, -0.15) is 0 Å². The lowest BCUT2D eigenvalue weighted by molar-refractivity contribution is -0.139. The second-order valence-electron chi connectivity index (χ2n) is 7.87. The maximum absolute atomic E-state index is 13.3. The van der Waals surface area contributed by atoms with Crippen molar-refractivity contribution in [2.45, 2.75) is 57.5 Å². The first-order chi connectivity index (χ1) is 14.5. The van der Waals surface area contributed by atoms with Crippen molar-refractivity contribution in [3.8, 4) is 0 Å². The van der Waals surface area contributed by atoms with Crippen molar-refractivity contribution < 1.29 is 9.59 Å². The number of carbonyl (C=O) groups is 2. The summed E-state index contributed by atoms with van der Waals surface area (Å²) in [7, 11) is 0. The van der Waals surface area contributed by atoms with Crippen molar-refractivity contribution in [1.82, 2.24) is 10.2 Å². The maximum Gasteiger partial charge on any atom is 0.242 e. The quantitative estimate of drug-likeness (QED) is 0.616. The standard InChI is InChI=1S/C24H28Cl2N2O2/c1-17(24(30)27-19-10-5-6-11-19)28(15-14-18-8-3-2-4-9-18)23(29)16-20-21(25)12-7-13-22(20)26/h2-4,7-9,12-13,17,19H,5-6,10-11,14-16H2,1H3,(H,27,30). The van der Waals surface area contributed by atoms with E-state index in [-0.39, 0.29) is 24.3 Å². The van der Waals surface area contributed by atoms with Gasteiger partial charge >= 0.3 is 0 Å². The molecule has 1 N–H and O–H groups in total. The molecule has 0 saturated heterocycles. The second-order valence-corrected chi connectivity index (χ2v) is 8.68. The number of hydrogen-bond donors (Lipinski definition) is 1. The van der Waals surface area contributed by atoms with Crippen LogP contribution in [0.1, 0.15) is 43.7 Å². The molecule has 1 aliphatic rings. The summed E-state index contributed by atoms with van der Waals surface area (Å²) in [6, 6.07) is 14.8. The Hall–Kier alpha value is -2.04. The van der Waals surface area contributed by atoms with Crippen LogP contribution in [-0.4, -0.2) is 35.3 Å². The molecule has 1 saturated carbocycles. The van der Waals surface area contributed by atoms with Gasteiger partial charge in [0.1, 0.15) is 6.04 Å². The van der Waals surface area contributed by atoms with Gasteiger partial charge in [0.05, 0.1) is 6.42 Å². The van der Waals surface area contributed by atoms with Crippen molar-refractivity contribution in [3.63, 3.8) is 0 Å². The second kappa shape index (κ2) is 10.8. The Bertz CT molecular complexity index is 847. The minimum Gasteiger partial charge on any atom is -0.352 e. The number of benzene rings is 2. The molecule has 0 bridgehead atoms. The summed E-state index contributed by atoms with van der Waals surface area (Å²) in [5.74, 6) is -0.261. The summed E-state index contributed by atoms with van der Waals surface area (Å²) >= 11 is 12.5. The lowest BCUT2D eigenvalue weighted by Gasteiger charge is -2.30. The Labute approximate surface area is 188 Å². The van der Waals surface area contributed by atoms with E-state index in [1.165, 1.54) is 0 Å². The monoisotopic (exact) mass is 446 g/mol. The number of carbonyl (C=O) groups excluding carboxylic acids is 2. The van der Waals surface area contributed by atoms with Gasteiger partial charge in [-0.05, 0) is 49.4 Å². The van der Waals surface area contributed by atoms with Crippen LogP contribution in [0.5, 0.6) is 0 Å². The molecule has 2 aromatic rings. The molecular formula is C24H28Cl2N2O2. The van der Waals surface area contributed by atoms with E-state index in [1.807, 2.05) is 30.3 Å². The topological polar surface area (TPSA) is 49.4 Å². The van der Waals surface area contributed by atoms with Gasteiger partial charge in [0.15, 0.2) is 0 Å². The highest BCUT2D eigenvalue weighted by Gasteiger charge is 2.28. The van der Waals surface area contributed by atoms with Crippen LogP contribution in [0.25, 0.3) is 0 Å². The lowest BCUT2D eigenvalue weighted by atomic mass is 10.1. The van der Waals surface area contributed by atoms with E-state index < -0.39 is 6.04 Å². The van der Waals surface area contributed by atoms with Crippen LogP contribution >= 0.6 is 23.2 Å². The fourth-order valence-electron chi connectivity index (χ4n) is 3.92. The normalized spacial score (nSPS) is 15.0. The average molecular weight is 447 g/mol. The van der Waals surface area contributed by atoms with Crippen molar-refractivity contribution in [2.75, 3.05) is 6.54 Å². The van der Waals surface area contributed by atoms with Gasteiger partial charge in [0.25, 0.3) is 0 Å². The van der Waals surface area contributed by atoms with Crippen LogP contribution in [0, 0.1) is 0 Å². The Kier molecular flexibility index (Phi) is 8.17. The van der Waals surface area contributed by atoms with Crippen LogP contribution in [0.4, 0.5) is 0 Å². The van der Waals surface area contributed by atoms with Gasteiger partial charge < -0.3 is 10.2 Å². The molecule has 160 valence electrons. The van der Waals surface area contributed by atoms with E-state index in [2.05, 4.69) is 5.32 Å². The summed E-state index contributed by atoms with van der Waals surface area (Å²) in [6.07, 6.45) is 5.03. The number of nitrogens with one attached hydrogen (secondary N) is 1. The Morgan fingerprint density at radius 3 is 2.30 bits per heavy atom. The van der Waals surface area contributed by atoms with Crippen LogP contribution in [0.15, 0.2) is 48.5 Å². The van der Waals surface area contributed by atoms with E-state index in [0.717, 1.165) is 31.2 Å². The number of rotatable bonds is 8. The number of halogens is 2. The van der Waals surface area contributed by atoms with Gasteiger partial charge in [-0.25, -0.2) is 0 Å². The molecule has 0 aromatic heterocycles. The molecular weight excluding hydrogens is 419 g/mol. The average Bonchev–Trinajstić information content (AvgIpc) is 3.24. The van der Waals surface area contributed by atoms with Crippen molar-refractivity contribution in [2.24, 2.45) is 0 Å². The fourth-order valence-corrected chi connectivity index (χ4v) is 4.45. The van der Waals surface area contributed by atoms with Crippen molar-refractivity contribution in [3.05, 3.63) is 69.7 Å². The smallest absolute Gasteiger partial charge is 0.242 e. The predicted molar refractivity (Wildman–Crippen MR) is 122 cm³/mol. The molecule has 0 radical (unpaired) electrons. The Morgan fingerprint density at radius 2 is 1.67 bits per heavy atom. The molecule has 0 spiro atoms. The summed E-state index contributed by atoms with van der Waals surface area (Å²) in [6.45, 7) is 2.24. The third-order valence-electron chi connectivity index (χ3n) is 5.74. The molecule has 3 rings (SSSR count). The highest BCUT2D eigenvalue weighted by atomic mass is 35.5. The lowest BCUT2D eigenvalue weighted by Crippen LogP contribution is -2.51. The van der Waals surface area contributed by atoms with Crippen LogP contribution in [0.3, 0.4) is 0 Å². The molecule has 2 amide bonds. The zero-order chi connectivity index (χ0) is 21.5. The summed E-state index contributed by atoms with van der Waals surface area (Å²) in [4.78, 5) is 27.8. The van der Waals surface area contributed by atoms with Gasteiger partial charge in [0.2, 0.25) is 11.8 Å². The maximum atomic E-state index is 13.3. The summed E-state index contributed by atoms with van der Waals surface area (Å²) in [5.41, 5.74) is 1.72. The first-order valence-electron chi connectivity index (χ1n) is 10.5. The predicted octanol–water partition coefficient (Wildman–Crippen LogP) is 5.05. The first-order valence-corrected chi connectivity index (χ1v) is 11.3. The molecule has 1 aliphatic carbocycles. The highest BCUT2D eigenvalue weighted by Crippen LogP contribution is 2.25. The zero-order valence-electron chi connectivity index (χ0n) is 17.2. The minimum absolute atomic E-state index is 0.0638. The van der Waals surface area contributed by atoms with E-state index in [9.17, 15) is 9.59 Å². The molecule has 4 nitrogen and oxygen atoms in total. The summed E-state index contributed by atoms with van der Waals surface area (Å²) in [5, 5.41) is 4.03. The van der Waals surface area contributed by atoms with Crippen molar-refractivity contribution >= 4 is 35.0 Å². The third-order valence-corrected chi connectivity index (χ3v) is 6.45.